The molecule has 0 radical (unpaired) electrons. The van der Waals surface area contributed by atoms with Crippen LogP contribution in [0.15, 0.2) is 41.2 Å². The molecule has 1 N–H and O–H groups in total. The molecule has 30 heavy (non-hydrogen) atoms. The second-order valence-electron chi connectivity index (χ2n) is 7.29. The predicted molar refractivity (Wildman–Crippen MR) is 106 cm³/mol. The van der Waals surface area contributed by atoms with E-state index in [1.807, 2.05) is 6.92 Å². The van der Waals surface area contributed by atoms with E-state index in [-0.39, 0.29) is 34.9 Å². The van der Waals surface area contributed by atoms with Gasteiger partial charge in [0.25, 0.3) is 5.56 Å². The van der Waals surface area contributed by atoms with Crippen LogP contribution in [-0.4, -0.2) is 26.7 Å². The number of aryl methyl sites for hydroxylation is 1. The fourth-order valence-corrected chi connectivity index (χ4v) is 3.50. The summed E-state index contributed by atoms with van der Waals surface area (Å²) in [5.74, 6) is -1.72. The molecule has 0 spiro atoms. The molecule has 2 heterocycles. The van der Waals surface area contributed by atoms with Crippen molar-refractivity contribution < 1.29 is 23.4 Å². The zero-order valence-electron chi connectivity index (χ0n) is 16.5. The Kier molecular flexibility index (Phi) is 4.58. The second kappa shape index (κ2) is 6.88. The Morgan fingerprint density at radius 2 is 1.97 bits per heavy atom. The van der Waals surface area contributed by atoms with Gasteiger partial charge in [-0.15, -0.1) is 0 Å². The summed E-state index contributed by atoms with van der Waals surface area (Å²) < 4.78 is 34.6. The van der Waals surface area contributed by atoms with Gasteiger partial charge in [0.05, 0.1) is 29.2 Å². The predicted octanol–water partition coefficient (Wildman–Crippen LogP) is 2.81. The van der Waals surface area contributed by atoms with Gasteiger partial charge >= 0.3 is 12.0 Å². The first kappa shape index (κ1) is 20.0. The third-order valence-corrected chi connectivity index (χ3v) is 5.11. The van der Waals surface area contributed by atoms with E-state index in [1.165, 1.54) is 36.7 Å². The average Bonchev–Trinajstić information content (AvgIpc) is 2.68. The summed E-state index contributed by atoms with van der Waals surface area (Å²) in [5, 5.41) is 10.3. The molecule has 0 bridgehead atoms. The lowest BCUT2D eigenvalue weighted by Crippen LogP contribution is -2.51. The van der Waals surface area contributed by atoms with Crippen molar-refractivity contribution in [3.8, 4) is 5.75 Å². The normalized spacial score (nSPS) is 16.3. The summed E-state index contributed by atoms with van der Waals surface area (Å²) in [5.41, 5.74) is 1.15. The first-order valence-electron chi connectivity index (χ1n) is 9.26. The minimum atomic E-state index is -4.12. The molecule has 3 aromatic rings. The molecule has 1 aliphatic rings. The van der Waals surface area contributed by atoms with Crippen molar-refractivity contribution in [1.82, 2.24) is 9.55 Å². The minimum Gasteiger partial charge on any atom is -0.423 e. The number of carbonyl (C=O) groups is 1. The van der Waals surface area contributed by atoms with Gasteiger partial charge in [0.1, 0.15) is 5.82 Å². The first-order chi connectivity index (χ1) is 14.1. The summed E-state index contributed by atoms with van der Waals surface area (Å²) in [6.07, 6.45) is -5.21. The van der Waals surface area contributed by atoms with Crippen LogP contribution in [0, 0.1) is 6.92 Å². The number of carbonyl (C=O) groups excluding carboxylic acids is 1. The number of nitrogens with zero attached hydrogens (tertiary/aromatic N) is 3. The van der Waals surface area contributed by atoms with E-state index in [2.05, 4.69) is 9.72 Å². The van der Waals surface area contributed by atoms with Gasteiger partial charge < -0.3 is 9.84 Å². The molecule has 4 rings (SSSR count). The standard InChI is InChI=1S/C21H19F2N3O4/c1-11-7-8-14-15(9-11)24-17(25(3)19(14)28)10-26-16-6-4-5-13(12(2)27)18(16)30-21(22,23)20(26)29/h4-9,12,27H,10H2,1-3H3/t12-/m0/s1. The molecule has 156 valence electrons. The van der Waals surface area contributed by atoms with Crippen molar-refractivity contribution in [3.05, 3.63) is 63.7 Å². The number of benzene rings is 2. The van der Waals surface area contributed by atoms with E-state index in [1.54, 1.807) is 18.2 Å². The van der Waals surface area contributed by atoms with Gasteiger partial charge in [-0.25, -0.2) is 4.98 Å². The van der Waals surface area contributed by atoms with Crippen molar-refractivity contribution in [3.63, 3.8) is 0 Å². The number of para-hydroxylation sites is 1. The van der Waals surface area contributed by atoms with Crippen LogP contribution in [0.4, 0.5) is 14.5 Å². The Hall–Kier alpha value is -3.33. The van der Waals surface area contributed by atoms with E-state index in [0.717, 1.165) is 10.5 Å². The average molecular weight is 415 g/mol. The zero-order valence-corrected chi connectivity index (χ0v) is 16.5. The fraction of sp³-hybridized carbons (Fsp3) is 0.286. The summed E-state index contributed by atoms with van der Waals surface area (Å²) in [6, 6.07) is 9.57. The highest BCUT2D eigenvalue weighted by molar-refractivity contribution is 6.01. The van der Waals surface area contributed by atoms with Crippen LogP contribution in [0.1, 0.15) is 30.0 Å². The number of halogens is 2. The number of aromatic nitrogens is 2. The van der Waals surface area contributed by atoms with Crippen molar-refractivity contribution in [1.29, 1.82) is 0 Å². The maximum Gasteiger partial charge on any atom is 0.483 e. The van der Waals surface area contributed by atoms with E-state index in [4.69, 9.17) is 0 Å². The van der Waals surface area contributed by atoms with Crippen LogP contribution in [0.25, 0.3) is 10.9 Å². The van der Waals surface area contributed by atoms with Gasteiger partial charge in [-0.05, 0) is 37.6 Å². The van der Waals surface area contributed by atoms with Gasteiger partial charge in [0, 0.05) is 12.6 Å². The smallest absolute Gasteiger partial charge is 0.423 e. The maximum absolute atomic E-state index is 14.4. The van der Waals surface area contributed by atoms with Crippen molar-refractivity contribution in [2.24, 2.45) is 7.05 Å². The molecule has 0 aliphatic carbocycles. The van der Waals surface area contributed by atoms with Crippen LogP contribution in [0.5, 0.6) is 5.75 Å². The fourth-order valence-electron chi connectivity index (χ4n) is 3.50. The highest BCUT2D eigenvalue weighted by atomic mass is 19.3. The van der Waals surface area contributed by atoms with E-state index in [9.17, 15) is 23.5 Å². The van der Waals surface area contributed by atoms with Gasteiger partial charge in [0.2, 0.25) is 0 Å². The topological polar surface area (TPSA) is 84.7 Å². The van der Waals surface area contributed by atoms with Gasteiger partial charge in [0.15, 0.2) is 5.75 Å². The Morgan fingerprint density at radius 1 is 1.23 bits per heavy atom. The SMILES string of the molecule is Cc1ccc2c(=O)n(C)c(CN3C(=O)C(F)(F)Oc4c([C@H](C)O)cccc43)nc2c1. The monoisotopic (exact) mass is 415 g/mol. The highest BCUT2D eigenvalue weighted by Crippen LogP contribution is 2.44. The lowest BCUT2D eigenvalue weighted by atomic mass is 10.1. The Labute approximate surface area is 170 Å². The zero-order chi connectivity index (χ0) is 21.8. The van der Waals surface area contributed by atoms with E-state index in [0.29, 0.717) is 10.9 Å². The summed E-state index contributed by atoms with van der Waals surface area (Å²) >= 11 is 0. The van der Waals surface area contributed by atoms with E-state index >= 15 is 0 Å². The molecule has 1 aliphatic heterocycles. The van der Waals surface area contributed by atoms with Crippen LogP contribution < -0.4 is 15.2 Å². The third-order valence-electron chi connectivity index (χ3n) is 5.11. The molecular weight excluding hydrogens is 396 g/mol. The lowest BCUT2D eigenvalue weighted by molar-refractivity contribution is -0.193. The highest BCUT2D eigenvalue weighted by Gasteiger charge is 2.51. The number of ether oxygens (including phenoxy) is 1. The molecule has 9 heteroatoms. The maximum atomic E-state index is 14.4. The van der Waals surface area contributed by atoms with Crippen LogP contribution in [-0.2, 0) is 18.4 Å². The number of aliphatic hydroxyl groups is 1. The number of aliphatic hydroxyl groups excluding tert-OH is 1. The second-order valence-corrected chi connectivity index (χ2v) is 7.29. The third kappa shape index (κ3) is 3.11. The van der Waals surface area contributed by atoms with Crippen LogP contribution in [0.3, 0.4) is 0 Å². The molecule has 0 saturated carbocycles. The quantitative estimate of drug-likeness (QED) is 0.711. The Morgan fingerprint density at radius 3 is 2.67 bits per heavy atom. The summed E-state index contributed by atoms with van der Waals surface area (Å²) in [6.45, 7) is 2.89. The van der Waals surface area contributed by atoms with Gasteiger partial charge in [-0.3, -0.25) is 19.1 Å². The minimum absolute atomic E-state index is 0.0721. The molecule has 0 unspecified atom stereocenters. The summed E-state index contributed by atoms with van der Waals surface area (Å²) in [7, 11) is 1.47. The Bertz CT molecular complexity index is 1240. The molecule has 7 nitrogen and oxygen atoms in total. The van der Waals surface area contributed by atoms with Crippen molar-refractivity contribution >= 4 is 22.5 Å². The number of hydrogen-bond acceptors (Lipinski definition) is 5. The number of hydrogen-bond donors (Lipinski definition) is 1. The molecular formula is C21H19F2N3O4. The first-order valence-corrected chi connectivity index (χ1v) is 9.26. The molecule has 2 aromatic carbocycles. The molecule has 1 aromatic heterocycles. The number of fused-ring (bicyclic) bond motifs is 2. The number of amides is 1. The number of alkyl halides is 2. The molecule has 0 saturated heterocycles. The molecule has 1 amide bonds. The summed E-state index contributed by atoms with van der Waals surface area (Å²) in [4.78, 5) is 30.5. The van der Waals surface area contributed by atoms with E-state index < -0.39 is 18.1 Å². The van der Waals surface area contributed by atoms with Gasteiger partial charge in [-0.1, -0.05) is 18.2 Å². The lowest BCUT2D eigenvalue weighted by Gasteiger charge is -2.34. The van der Waals surface area contributed by atoms with Gasteiger partial charge in [-0.2, -0.15) is 8.78 Å². The van der Waals surface area contributed by atoms with Crippen molar-refractivity contribution in [2.75, 3.05) is 4.90 Å². The number of rotatable bonds is 3. The Balaban J connectivity index is 1.88. The van der Waals surface area contributed by atoms with Crippen LogP contribution >= 0.6 is 0 Å². The van der Waals surface area contributed by atoms with Crippen LogP contribution in [0.2, 0.25) is 0 Å². The number of anilines is 1. The largest absolute Gasteiger partial charge is 0.483 e. The van der Waals surface area contributed by atoms with Crippen molar-refractivity contribution in [2.45, 2.75) is 32.6 Å². The molecule has 1 atom stereocenters. The molecule has 0 fully saturated rings.